The van der Waals surface area contributed by atoms with Crippen molar-refractivity contribution < 1.29 is 0 Å². The average molecular weight is 706 g/mol. The Bertz CT molecular complexity index is 2750. The Kier molecular flexibility index (Phi) is 7.58. The van der Waals surface area contributed by atoms with Crippen molar-refractivity contribution in [1.29, 1.82) is 0 Å². The van der Waals surface area contributed by atoms with Crippen LogP contribution in [-0.4, -0.2) is 0 Å². The Morgan fingerprint density at radius 2 is 0.855 bits per heavy atom. The maximum atomic E-state index is 2.55. The normalized spacial score (nSPS) is 14.1. The fourth-order valence-electron chi connectivity index (χ4n) is 9.62. The van der Waals surface area contributed by atoms with Gasteiger partial charge < -0.3 is 4.90 Å². The van der Waals surface area contributed by atoms with Gasteiger partial charge in [0.25, 0.3) is 0 Å². The molecule has 0 aliphatic heterocycles. The van der Waals surface area contributed by atoms with E-state index >= 15 is 0 Å². The maximum Gasteiger partial charge on any atom is 0.0546 e. The van der Waals surface area contributed by atoms with Gasteiger partial charge in [-0.3, -0.25) is 0 Å². The highest BCUT2D eigenvalue weighted by Gasteiger charge is 2.40. The maximum absolute atomic E-state index is 2.55. The molecule has 0 amide bonds. The molecule has 10 rings (SSSR count). The molecule has 0 unspecified atom stereocenters. The van der Waals surface area contributed by atoms with Gasteiger partial charge in [-0.05, 0) is 103 Å². The van der Waals surface area contributed by atoms with Gasteiger partial charge in [-0.15, -0.1) is 0 Å². The summed E-state index contributed by atoms with van der Waals surface area (Å²) < 4.78 is 0. The van der Waals surface area contributed by atoms with Gasteiger partial charge in [-0.1, -0.05) is 185 Å². The second-order valence-corrected chi connectivity index (χ2v) is 16.1. The predicted molar refractivity (Wildman–Crippen MR) is 233 cm³/mol. The first-order valence-corrected chi connectivity index (χ1v) is 19.4. The Morgan fingerprint density at radius 3 is 1.58 bits per heavy atom. The highest BCUT2D eigenvalue weighted by atomic mass is 15.1. The van der Waals surface area contributed by atoms with Crippen LogP contribution < -0.4 is 4.90 Å². The molecule has 0 radical (unpaired) electrons. The van der Waals surface area contributed by atoms with Gasteiger partial charge in [0.15, 0.2) is 0 Å². The summed E-state index contributed by atoms with van der Waals surface area (Å²) >= 11 is 0. The van der Waals surface area contributed by atoms with Crippen LogP contribution in [0, 0.1) is 0 Å². The first-order chi connectivity index (χ1) is 26.8. The predicted octanol–water partition coefficient (Wildman–Crippen LogP) is 14.8. The van der Waals surface area contributed by atoms with Crippen molar-refractivity contribution in [3.05, 3.63) is 210 Å². The molecule has 2 aliphatic rings. The SMILES string of the molecule is CC1(C)c2ccccc2-c2ccc(-c3c(-c4ccccc4)cccc3N(c3cccc(-c4ccccc4)c3)c3cccc4c3C(C)(C)c3ccccc3-4)cc21. The van der Waals surface area contributed by atoms with Crippen LogP contribution >= 0.6 is 0 Å². The third-order valence-electron chi connectivity index (χ3n) is 12.3. The molecule has 0 saturated carbocycles. The lowest BCUT2D eigenvalue weighted by Crippen LogP contribution is -2.21. The van der Waals surface area contributed by atoms with E-state index in [1.807, 2.05) is 0 Å². The number of fused-ring (bicyclic) bond motifs is 6. The Balaban J connectivity index is 1.28. The van der Waals surface area contributed by atoms with E-state index in [4.69, 9.17) is 0 Å². The molecule has 55 heavy (non-hydrogen) atoms. The lowest BCUT2D eigenvalue weighted by atomic mass is 9.80. The number of nitrogens with zero attached hydrogens (tertiary/aromatic N) is 1. The quantitative estimate of drug-likeness (QED) is 0.166. The molecule has 0 N–H and O–H groups in total. The van der Waals surface area contributed by atoms with Crippen molar-refractivity contribution in [3.8, 4) is 55.6 Å². The van der Waals surface area contributed by atoms with E-state index in [0.29, 0.717) is 0 Å². The van der Waals surface area contributed by atoms with Crippen LogP contribution in [0.15, 0.2) is 188 Å². The van der Waals surface area contributed by atoms with Gasteiger partial charge in [-0.25, -0.2) is 0 Å². The number of hydrogen-bond acceptors (Lipinski definition) is 1. The minimum absolute atomic E-state index is 0.121. The monoisotopic (exact) mass is 705 g/mol. The molecule has 0 aromatic heterocycles. The summed E-state index contributed by atoms with van der Waals surface area (Å²) in [6, 6.07) is 69.6. The van der Waals surface area contributed by atoms with Crippen molar-refractivity contribution in [3.63, 3.8) is 0 Å². The molecule has 0 spiro atoms. The van der Waals surface area contributed by atoms with Gasteiger partial charge in [0.2, 0.25) is 0 Å². The summed E-state index contributed by atoms with van der Waals surface area (Å²) in [4.78, 5) is 2.55. The van der Waals surface area contributed by atoms with Gasteiger partial charge in [0, 0.05) is 22.1 Å². The van der Waals surface area contributed by atoms with Crippen LogP contribution in [-0.2, 0) is 10.8 Å². The van der Waals surface area contributed by atoms with E-state index in [2.05, 4.69) is 221 Å². The molecular formula is C54H43N. The lowest BCUT2D eigenvalue weighted by Gasteiger charge is -2.34. The second kappa shape index (κ2) is 12.6. The third-order valence-corrected chi connectivity index (χ3v) is 12.3. The van der Waals surface area contributed by atoms with Crippen molar-refractivity contribution in [2.24, 2.45) is 0 Å². The smallest absolute Gasteiger partial charge is 0.0546 e. The van der Waals surface area contributed by atoms with Gasteiger partial charge in [-0.2, -0.15) is 0 Å². The zero-order valence-corrected chi connectivity index (χ0v) is 31.8. The van der Waals surface area contributed by atoms with Gasteiger partial charge >= 0.3 is 0 Å². The van der Waals surface area contributed by atoms with Crippen LogP contribution in [0.25, 0.3) is 55.6 Å². The van der Waals surface area contributed by atoms with Gasteiger partial charge in [0.05, 0.1) is 11.4 Å². The minimum atomic E-state index is -0.210. The van der Waals surface area contributed by atoms with Crippen LogP contribution in [0.1, 0.15) is 49.9 Å². The van der Waals surface area contributed by atoms with E-state index in [1.165, 1.54) is 83.6 Å². The topological polar surface area (TPSA) is 3.24 Å². The van der Waals surface area contributed by atoms with Crippen LogP contribution in [0.4, 0.5) is 17.1 Å². The first kappa shape index (κ1) is 33.2. The first-order valence-electron chi connectivity index (χ1n) is 19.4. The van der Waals surface area contributed by atoms with Crippen molar-refractivity contribution >= 4 is 17.1 Å². The molecule has 0 bridgehead atoms. The molecule has 2 aliphatic carbocycles. The van der Waals surface area contributed by atoms with Gasteiger partial charge in [0.1, 0.15) is 0 Å². The van der Waals surface area contributed by atoms with Crippen LogP contribution in [0.2, 0.25) is 0 Å². The molecule has 1 nitrogen and oxygen atoms in total. The van der Waals surface area contributed by atoms with E-state index in [0.717, 1.165) is 11.4 Å². The highest BCUT2D eigenvalue weighted by molar-refractivity contribution is 6.00. The molecular weight excluding hydrogens is 663 g/mol. The zero-order chi connectivity index (χ0) is 37.3. The zero-order valence-electron chi connectivity index (χ0n) is 31.8. The molecule has 0 saturated heterocycles. The largest absolute Gasteiger partial charge is 0.309 e. The molecule has 8 aromatic carbocycles. The molecule has 0 atom stereocenters. The minimum Gasteiger partial charge on any atom is -0.309 e. The lowest BCUT2D eigenvalue weighted by molar-refractivity contribution is 0.660. The van der Waals surface area contributed by atoms with E-state index in [-0.39, 0.29) is 10.8 Å². The fourth-order valence-corrected chi connectivity index (χ4v) is 9.62. The summed E-state index contributed by atoms with van der Waals surface area (Å²) in [5, 5.41) is 0. The van der Waals surface area contributed by atoms with Crippen molar-refractivity contribution in [1.82, 2.24) is 0 Å². The number of benzene rings is 8. The molecule has 0 heterocycles. The molecule has 1 heteroatoms. The Labute approximate surface area is 325 Å². The van der Waals surface area contributed by atoms with E-state index in [9.17, 15) is 0 Å². The standard InChI is InChI=1S/C54H43N/c1-53(2)46-28-13-11-24-42(46)44-33-32-39(35-48(44)53)51-41(37-20-9-6-10-21-37)26-16-30-49(51)55(40-23-15-22-38(34-40)36-18-7-5-8-19-36)50-31-17-27-45-43-25-12-14-29-47(43)54(3,4)52(45)50/h5-35H,1-4H3. The Hall–Kier alpha value is -6.44. The fraction of sp³-hybridized carbons (Fsp3) is 0.111. The number of rotatable bonds is 6. The summed E-state index contributed by atoms with van der Waals surface area (Å²) in [5.41, 5.74) is 21.2. The van der Waals surface area contributed by atoms with Crippen LogP contribution in [0.5, 0.6) is 0 Å². The Morgan fingerprint density at radius 1 is 0.327 bits per heavy atom. The van der Waals surface area contributed by atoms with Crippen molar-refractivity contribution in [2.45, 2.75) is 38.5 Å². The van der Waals surface area contributed by atoms with E-state index < -0.39 is 0 Å². The number of hydrogen-bond donors (Lipinski definition) is 0. The summed E-state index contributed by atoms with van der Waals surface area (Å²) in [6.07, 6.45) is 0. The highest BCUT2D eigenvalue weighted by Crippen LogP contribution is 2.56. The summed E-state index contributed by atoms with van der Waals surface area (Å²) in [6.45, 7) is 9.53. The summed E-state index contributed by atoms with van der Waals surface area (Å²) in [5.74, 6) is 0. The average Bonchev–Trinajstić information content (AvgIpc) is 3.61. The van der Waals surface area contributed by atoms with Crippen LogP contribution in [0.3, 0.4) is 0 Å². The molecule has 8 aromatic rings. The third kappa shape index (κ3) is 5.14. The second-order valence-electron chi connectivity index (χ2n) is 16.1. The number of anilines is 3. The van der Waals surface area contributed by atoms with Crippen molar-refractivity contribution in [2.75, 3.05) is 4.90 Å². The molecule has 264 valence electrons. The molecule has 0 fully saturated rings. The van der Waals surface area contributed by atoms with E-state index in [1.54, 1.807) is 0 Å². The summed E-state index contributed by atoms with van der Waals surface area (Å²) in [7, 11) is 0.